The third-order valence-corrected chi connectivity index (χ3v) is 1.99. The summed E-state index contributed by atoms with van der Waals surface area (Å²) >= 11 is 0. The summed E-state index contributed by atoms with van der Waals surface area (Å²) in [6, 6.07) is 4.55. The summed E-state index contributed by atoms with van der Waals surface area (Å²) in [6.45, 7) is -0.959. The zero-order chi connectivity index (χ0) is 12.7. The summed E-state index contributed by atoms with van der Waals surface area (Å²) in [5.74, 6) is -0.490. The van der Waals surface area contributed by atoms with Crippen molar-refractivity contribution < 1.29 is 24.1 Å². The van der Waals surface area contributed by atoms with Crippen molar-refractivity contribution in [2.75, 3.05) is 19.8 Å². The number of aliphatic hydroxyl groups excluding tert-OH is 2. The fourth-order valence-corrected chi connectivity index (χ4v) is 1.10. The first-order valence-electron chi connectivity index (χ1n) is 5.05. The third kappa shape index (κ3) is 4.80. The van der Waals surface area contributed by atoms with Gasteiger partial charge >= 0.3 is 0 Å². The average molecular weight is 243 g/mol. The molecule has 0 aliphatic rings. The molecule has 6 heteroatoms. The Bertz CT molecular complexity index is 351. The molecule has 1 aromatic carbocycles. The third-order valence-electron chi connectivity index (χ3n) is 1.99. The average Bonchev–Trinajstić information content (AvgIpc) is 2.35. The normalized spacial score (nSPS) is 10.4. The van der Waals surface area contributed by atoms with Gasteiger partial charge in [0.15, 0.2) is 6.61 Å². The van der Waals surface area contributed by atoms with Gasteiger partial charge in [0.1, 0.15) is 11.6 Å². The monoisotopic (exact) mass is 243 g/mol. The Hall–Kier alpha value is -1.66. The number of ether oxygens (including phenoxy) is 1. The number of benzene rings is 1. The number of carbonyl (C=O) groups is 1. The molecule has 0 saturated carbocycles. The topological polar surface area (TPSA) is 78.8 Å². The first-order valence-corrected chi connectivity index (χ1v) is 5.05. The molecule has 0 spiro atoms. The summed E-state index contributed by atoms with van der Waals surface area (Å²) in [4.78, 5) is 11.3. The zero-order valence-electron chi connectivity index (χ0n) is 9.10. The van der Waals surface area contributed by atoms with Crippen LogP contribution in [-0.2, 0) is 4.79 Å². The van der Waals surface area contributed by atoms with E-state index in [9.17, 15) is 9.18 Å². The van der Waals surface area contributed by atoms with Gasteiger partial charge in [-0.1, -0.05) is 0 Å². The maximum absolute atomic E-state index is 12.6. The van der Waals surface area contributed by atoms with Crippen LogP contribution >= 0.6 is 0 Å². The highest BCUT2D eigenvalue weighted by atomic mass is 19.1. The van der Waals surface area contributed by atoms with E-state index in [1.807, 2.05) is 0 Å². The molecule has 1 amide bonds. The Morgan fingerprint density at radius 1 is 1.29 bits per heavy atom. The first kappa shape index (κ1) is 13.4. The van der Waals surface area contributed by atoms with Gasteiger partial charge in [-0.15, -0.1) is 0 Å². The van der Waals surface area contributed by atoms with Gasteiger partial charge in [0.25, 0.3) is 5.91 Å². The molecule has 1 rings (SSSR count). The molecule has 94 valence electrons. The number of halogens is 1. The molecule has 1 aromatic rings. The Morgan fingerprint density at radius 2 is 1.88 bits per heavy atom. The van der Waals surface area contributed by atoms with Crippen LogP contribution in [0.5, 0.6) is 5.75 Å². The zero-order valence-corrected chi connectivity index (χ0v) is 9.10. The predicted molar refractivity (Wildman–Crippen MR) is 58.0 cm³/mol. The highest BCUT2D eigenvalue weighted by molar-refractivity contribution is 5.77. The molecule has 0 radical (unpaired) electrons. The summed E-state index contributed by atoms with van der Waals surface area (Å²) in [5, 5.41) is 19.8. The van der Waals surface area contributed by atoms with Crippen LogP contribution in [0, 0.1) is 5.82 Å². The lowest BCUT2D eigenvalue weighted by Gasteiger charge is -2.13. The van der Waals surface area contributed by atoms with Crippen LogP contribution in [0.2, 0.25) is 0 Å². The van der Waals surface area contributed by atoms with Crippen molar-refractivity contribution >= 4 is 5.91 Å². The maximum atomic E-state index is 12.6. The van der Waals surface area contributed by atoms with Gasteiger partial charge in [0, 0.05) is 0 Å². The van der Waals surface area contributed by atoms with Crippen LogP contribution in [0.4, 0.5) is 4.39 Å². The van der Waals surface area contributed by atoms with Crippen LogP contribution in [0.3, 0.4) is 0 Å². The quantitative estimate of drug-likeness (QED) is 0.639. The molecule has 0 aliphatic carbocycles. The minimum absolute atomic E-state index is 0.262. The number of hydrogen-bond acceptors (Lipinski definition) is 4. The van der Waals surface area contributed by atoms with E-state index < -0.39 is 11.9 Å². The smallest absolute Gasteiger partial charge is 0.258 e. The molecule has 0 fully saturated rings. The van der Waals surface area contributed by atoms with Gasteiger partial charge < -0.3 is 20.3 Å². The number of aliphatic hydroxyl groups is 2. The Kier molecular flexibility index (Phi) is 5.38. The second kappa shape index (κ2) is 6.82. The lowest BCUT2D eigenvalue weighted by Crippen LogP contribution is -2.42. The van der Waals surface area contributed by atoms with Gasteiger partial charge in [-0.05, 0) is 24.3 Å². The predicted octanol–water partition coefficient (Wildman–Crippen LogP) is -0.326. The van der Waals surface area contributed by atoms with E-state index in [-0.39, 0.29) is 25.6 Å². The minimum atomic E-state index is -0.695. The highest BCUT2D eigenvalue weighted by Gasteiger charge is 2.10. The van der Waals surface area contributed by atoms with E-state index in [4.69, 9.17) is 14.9 Å². The summed E-state index contributed by atoms with van der Waals surface area (Å²) in [6.07, 6.45) is 0. The van der Waals surface area contributed by atoms with Crippen molar-refractivity contribution in [3.8, 4) is 5.75 Å². The van der Waals surface area contributed by atoms with Gasteiger partial charge in [0.2, 0.25) is 0 Å². The van der Waals surface area contributed by atoms with Crippen molar-refractivity contribution in [2.24, 2.45) is 0 Å². The van der Waals surface area contributed by atoms with E-state index >= 15 is 0 Å². The SMILES string of the molecule is O=C(COc1ccc(F)cc1)NC(CO)CO. The Labute approximate surface area is 97.8 Å². The van der Waals surface area contributed by atoms with Crippen LogP contribution in [0.15, 0.2) is 24.3 Å². The lowest BCUT2D eigenvalue weighted by molar-refractivity contribution is -0.124. The molecule has 0 saturated heterocycles. The van der Waals surface area contributed by atoms with Crippen molar-refractivity contribution in [1.82, 2.24) is 5.32 Å². The number of hydrogen-bond donors (Lipinski definition) is 3. The van der Waals surface area contributed by atoms with Gasteiger partial charge in [0.05, 0.1) is 19.3 Å². The number of nitrogens with one attached hydrogen (secondary N) is 1. The minimum Gasteiger partial charge on any atom is -0.484 e. The Morgan fingerprint density at radius 3 is 2.41 bits per heavy atom. The van der Waals surface area contributed by atoms with Crippen molar-refractivity contribution in [1.29, 1.82) is 0 Å². The van der Waals surface area contributed by atoms with Crippen molar-refractivity contribution in [3.05, 3.63) is 30.1 Å². The van der Waals surface area contributed by atoms with Crippen molar-refractivity contribution in [3.63, 3.8) is 0 Å². The number of amides is 1. The number of carbonyl (C=O) groups excluding carboxylic acids is 1. The van der Waals surface area contributed by atoms with E-state index in [0.717, 1.165) is 0 Å². The van der Waals surface area contributed by atoms with Crippen LogP contribution < -0.4 is 10.1 Å². The van der Waals surface area contributed by atoms with Crippen molar-refractivity contribution in [2.45, 2.75) is 6.04 Å². The summed E-state index contributed by atoms with van der Waals surface area (Å²) < 4.78 is 17.6. The van der Waals surface area contributed by atoms with Crippen LogP contribution in [-0.4, -0.2) is 42.0 Å². The van der Waals surface area contributed by atoms with Crippen LogP contribution in [0.1, 0.15) is 0 Å². The largest absolute Gasteiger partial charge is 0.484 e. The van der Waals surface area contributed by atoms with Gasteiger partial charge in [-0.2, -0.15) is 0 Å². The highest BCUT2D eigenvalue weighted by Crippen LogP contribution is 2.10. The first-order chi connectivity index (χ1) is 8.15. The molecule has 0 aliphatic heterocycles. The van der Waals surface area contributed by atoms with Gasteiger partial charge in [-0.3, -0.25) is 4.79 Å². The fraction of sp³-hybridized carbons (Fsp3) is 0.364. The maximum Gasteiger partial charge on any atom is 0.258 e. The molecule has 5 nitrogen and oxygen atoms in total. The number of rotatable bonds is 6. The standard InChI is InChI=1S/C11H14FNO4/c12-8-1-3-10(4-2-8)17-7-11(16)13-9(5-14)6-15/h1-4,9,14-15H,5-7H2,(H,13,16). The molecule has 0 heterocycles. The van der Waals surface area contributed by atoms with E-state index in [2.05, 4.69) is 5.32 Å². The molecule has 3 N–H and O–H groups in total. The van der Waals surface area contributed by atoms with E-state index in [0.29, 0.717) is 5.75 Å². The molecule has 0 bridgehead atoms. The van der Waals surface area contributed by atoms with E-state index in [1.54, 1.807) is 0 Å². The lowest BCUT2D eigenvalue weighted by atomic mass is 10.3. The summed E-state index contributed by atoms with van der Waals surface area (Å²) in [7, 11) is 0. The molecular weight excluding hydrogens is 229 g/mol. The second-order valence-electron chi connectivity index (χ2n) is 3.37. The summed E-state index contributed by atoms with van der Waals surface area (Å²) in [5.41, 5.74) is 0. The van der Waals surface area contributed by atoms with Gasteiger partial charge in [-0.25, -0.2) is 4.39 Å². The molecule has 0 aromatic heterocycles. The molecule has 0 unspecified atom stereocenters. The Balaban J connectivity index is 2.35. The van der Waals surface area contributed by atoms with Crippen LogP contribution in [0.25, 0.3) is 0 Å². The molecule has 17 heavy (non-hydrogen) atoms. The molecular formula is C11H14FNO4. The molecule has 0 atom stereocenters. The van der Waals surface area contributed by atoms with E-state index in [1.165, 1.54) is 24.3 Å². The fourth-order valence-electron chi connectivity index (χ4n) is 1.10. The second-order valence-corrected chi connectivity index (χ2v) is 3.37.